The van der Waals surface area contributed by atoms with Crippen LogP contribution in [0.15, 0.2) is 35.3 Å². The fourth-order valence-corrected chi connectivity index (χ4v) is 2.87. The normalized spacial score (nSPS) is 17.7. The number of nitrogens with two attached hydrogens (primary N) is 1. The summed E-state index contributed by atoms with van der Waals surface area (Å²) in [7, 11) is 0. The summed E-state index contributed by atoms with van der Waals surface area (Å²) in [6, 6.07) is 10.3. The van der Waals surface area contributed by atoms with Crippen LogP contribution >= 0.6 is 24.0 Å². The number of carbonyl (C=O) groups is 1. The Labute approximate surface area is 168 Å². The molecule has 5 nitrogen and oxygen atoms in total. The van der Waals surface area contributed by atoms with Gasteiger partial charge in [0.15, 0.2) is 5.96 Å². The van der Waals surface area contributed by atoms with Crippen molar-refractivity contribution in [3.05, 3.63) is 35.9 Å². The lowest BCUT2D eigenvalue weighted by molar-refractivity contribution is -0.127. The van der Waals surface area contributed by atoms with Gasteiger partial charge in [-0.1, -0.05) is 44.2 Å². The number of carbonyl (C=O) groups excluding carboxylic acids is 1. The quantitative estimate of drug-likeness (QED) is 0.358. The van der Waals surface area contributed by atoms with Crippen molar-refractivity contribution in [3.63, 3.8) is 0 Å². The number of hydrogen-bond donors (Lipinski definition) is 2. The van der Waals surface area contributed by atoms with Gasteiger partial charge < -0.3 is 16.0 Å². The van der Waals surface area contributed by atoms with Gasteiger partial charge in [-0.2, -0.15) is 0 Å². The van der Waals surface area contributed by atoms with Gasteiger partial charge in [0.2, 0.25) is 5.91 Å². The van der Waals surface area contributed by atoms with Gasteiger partial charge in [-0.25, -0.2) is 0 Å². The van der Waals surface area contributed by atoms with E-state index in [0.29, 0.717) is 24.8 Å². The highest BCUT2D eigenvalue weighted by molar-refractivity contribution is 14.0. The summed E-state index contributed by atoms with van der Waals surface area (Å²) in [5.74, 6) is 1.65. The highest BCUT2D eigenvalue weighted by Crippen LogP contribution is 2.18. The van der Waals surface area contributed by atoms with Gasteiger partial charge in [-0.05, 0) is 24.3 Å². The lowest BCUT2D eigenvalue weighted by Crippen LogP contribution is -2.33. The summed E-state index contributed by atoms with van der Waals surface area (Å²) in [5.41, 5.74) is 7.15. The molecule has 0 radical (unpaired) electrons. The van der Waals surface area contributed by atoms with Crippen LogP contribution < -0.4 is 11.1 Å². The Morgan fingerprint density at radius 3 is 2.76 bits per heavy atom. The van der Waals surface area contributed by atoms with Crippen molar-refractivity contribution in [2.45, 2.75) is 33.1 Å². The molecule has 140 valence electrons. The minimum absolute atomic E-state index is 0. The lowest BCUT2D eigenvalue weighted by Gasteiger charge is -2.16. The molecular formula is C19H31IN4O. The first-order valence-corrected chi connectivity index (χ1v) is 8.90. The first kappa shape index (κ1) is 21.7. The molecule has 3 N–H and O–H groups in total. The third-order valence-corrected chi connectivity index (χ3v) is 4.36. The van der Waals surface area contributed by atoms with Crippen molar-refractivity contribution < 1.29 is 4.79 Å². The molecule has 1 amide bonds. The number of halogens is 1. The number of rotatable bonds is 8. The van der Waals surface area contributed by atoms with Gasteiger partial charge in [0.1, 0.15) is 0 Å². The number of aliphatic imine (C=N–C) groups is 1. The zero-order valence-electron chi connectivity index (χ0n) is 15.3. The molecule has 1 saturated heterocycles. The Morgan fingerprint density at radius 2 is 2.08 bits per heavy atom. The summed E-state index contributed by atoms with van der Waals surface area (Å²) >= 11 is 0. The number of guanidine groups is 1. The van der Waals surface area contributed by atoms with E-state index in [0.717, 1.165) is 32.5 Å². The van der Waals surface area contributed by atoms with Gasteiger partial charge in [-0.15, -0.1) is 24.0 Å². The van der Waals surface area contributed by atoms with Crippen LogP contribution in [0.4, 0.5) is 0 Å². The molecule has 25 heavy (non-hydrogen) atoms. The zero-order valence-corrected chi connectivity index (χ0v) is 17.6. The average molecular weight is 458 g/mol. The molecule has 2 rings (SSSR count). The summed E-state index contributed by atoms with van der Waals surface area (Å²) < 4.78 is 0. The fourth-order valence-electron chi connectivity index (χ4n) is 2.87. The molecule has 1 fully saturated rings. The van der Waals surface area contributed by atoms with Crippen molar-refractivity contribution >= 4 is 35.8 Å². The highest BCUT2D eigenvalue weighted by Gasteiger charge is 2.28. The molecule has 1 atom stereocenters. The van der Waals surface area contributed by atoms with Crippen LogP contribution in [0.3, 0.4) is 0 Å². The first-order chi connectivity index (χ1) is 11.5. The Bertz CT molecular complexity index is 548. The Balaban J connectivity index is 0.00000312. The van der Waals surface area contributed by atoms with Crippen molar-refractivity contribution in [1.29, 1.82) is 0 Å². The molecule has 1 aliphatic rings. The summed E-state index contributed by atoms with van der Waals surface area (Å²) in [4.78, 5) is 18.5. The van der Waals surface area contributed by atoms with E-state index in [1.807, 2.05) is 23.1 Å². The Kier molecular flexibility index (Phi) is 9.85. The maximum absolute atomic E-state index is 12.1. The van der Waals surface area contributed by atoms with Gasteiger partial charge in [0.25, 0.3) is 0 Å². The van der Waals surface area contributed by atoms with Crippen LogP contribution in [0.2, 0.25) is 0 Å². The molecule has 0 aromatic heterocycles. The smallest absolute Gasteiger partial charge is 0.223 e. The van der Waals surface area contributed by atoms with E-state index in [4.69, 9.17) is 5.73 Å². The maximum Gasteiger partial charge on any atom is 0.223 e. The van der Waals surface area contributed by atoms with E-state index in [-0.39, 0.29) is 35.8 Å². The number of nitrogens with zero attached hydrogens (tertiary/aromatic N) is 2. The van der Waals surface area contributed by atoms with Crippen LogP contribution in [0.25, 0.3) is 0 Å². The molecule has 0 bridgehead atoms. The first-order valence-electron chi connectivity index (χ1n) is 8.90. The van der Waals surface area contributed by atoms with E-state index in [1.54, 1.807) is 0 Å². The molecule has 1 aromatic carbocycles. The molecule has 1 aromatic rings. The SMILES string of the molecule is CC(C)CCNC(N)=NCC1CC(=O)N(CCc2ccccc2)C1.I. The van der Waals surface area contributed by atoms with Gasteiger partial charge in [0.05, 0.1) is 0 Å². The molecule has 0 aliphatic carbocycles. The molecule has 1 heterocycles. The largest absolute Gasteiger partial charge is 0.370 e. The number of nitrogens with one attached hydrogen (secondary N) is 1. The van der Waals surface area contributed by atoms with E-state index in [1.165, 1.54) is 5.56 Å². The minimum atomic E-state index is 0. The summed E-state index contributed by atoms with van der Waals surface area (Å²) in [6.45, 7) is 7.40. The molecule has 0 spiro atoms. The van der Waals surface area contributed by atoms with Crippen molar-refractivity contribution in [2.75, 3.05) is 26.2 Å². The molecule has 6 heteroatoms. The number of amides is 1. The van der Waals surface area contributed by atoms with Crippen LogP contribution in [-0.2, 0) is 11.2 Å². The van der Waals surface area contributed by atoms with Gasteiger partial charge in [-0.3, -0.25) is 9.79 Å². The van der Waals surface area contributed by atoms with Gasteiger partial charge in [0, 0.05) is 38.5 Å². The van der Waals surface area contributed by atoms with Crippen molar-refractivity contribution in [3.8, 4) is 0 Å². The van der Waals surface area contributed by atoms with E-state index in [2.05, 4.69) is 36.3 Å². The van der Waals surface area contributed by atoms with Crippen molar-refractivity contribution in [1.82, 2.24) is 10.2 Å². The molecule has 1 aliphatic heterocycles. The van der Waals surface area contributed by atoms with Crippen molar-refractivity contribution in [2.24, 2.45) is 22.6 Å². The highest BCUT2D eigenvalue weighted by atomic mass is 127. The topological polar surface area (TPSA) is 70.7 Å². The standard InChI is InChI=1S/C19H30N4O.HI/c1-15(2)8-10-21-19(20)22-13-17-12-18(24)23(14-17)11-9-16-6-4-3-5-7-16;/h3-7,15,17H,8-14H2,1-2H3,(H3,20,21,22);1H. The predicted octanol–water partition coefficient (Wildman–Crippen LogP) is 2.65. The molecule has 0 saturated carbocycles. The minimum Gasteiger partial charge on any atom is -0.370 e. The Hall–Kier alpha value is -1.31. The van der Waals surface area contributed by atoms with E-state index >= 15 is 0 Å². The molecular weight excluding hydrogens is 427 g/mol. The zero-order chi connectivity index (χ0) is 17.4. The molecule has 1 unspecified atom stereocenters. The van der Waals surface area contributed by atoms with Crippen LogP contribution in [0.1, 0.15) is 32.3 Å². The van der Waals surface area contributed by atoms with Crippen LogP contribution in [-0.4, -0.2) is 42.9 Å². The van der Waals surface area contributed by atoms with Crippen LogP contribution in [0.5, 0.6) is 0 Å². The average Bonchev–Trinajstić information content (AvgIpc) is 2.92. The Morgan fingerprint density at radius 1 is 1.36 bits per heavy atom. The summed E-state index contributed by atoms with van der Waals surface area (Å²) in [5, 5.41) is 3.14. The van der Waals surface area contributed by atoms with Gasteiger partial charge >= 0.3 is 0 Å². The number of hydrogen-bond acceptors (Lipinski definition) is 2. The van der Waals surface area contributed by atoms with Crippen LogP contribution in [0, 0.1) is 11.8 Å². The number of likely N-dealkylation sites (tertiary alicyclic amines) is 1. The lowest BCUT2D eigenvalue weighted by atomic mass is 10.1. The second-order valence-corrected chi connectivity index (χ2v) is 6.98. The second kappa shape index (κ2) is 11.3. The monoisotopic (exact) mass is 458 g/mol. The summed E-state index contributed by atoms with van der Waals surface area (Å²) in [6.07, 6.45) is 2.56. The third kappa shape index (κ3) is 8.07. The second-order valence-electron chi connectivity index (χ2n) is 6.98. The fraction of sp³-hybridized carbons (Fsp3) is 0.579. The number of benzene rings is 1. The van der Waals surface area contributed by atoms with E-state index in [9.17, 15) is 4.79 Å². The predicted molar refractivity (Wildman–Crippen MR) is 114 cm³/mol. The maximum atomic E-state index is 12.1. The third-order valence-electron chi connectivity index (χ3n) is 4.36. The van der Waals surface area contributed by atoms with E-state index < -0.39 is 0 Å².